The van der Waals surface area contributed by atoms with Gasteiger partial charge in [-0.1, -0.05) is 26.2 Å². The maximum Gasteiger partial charge on any atom is 0.0192 e. The molecule has 1 aliphatic carbocycles. The lowest BCUT2D eigenvalue weighted by molar-refractivity contribution is 0.392. The molecule has 0 spiro atoms. The molecule has 2 rings (SSSR count). The van der Waals surface area contributed by atoms with Gasteiger partial charge in [-0.2, -0.15) is 0 Å². The molecule has 16 heavy (non-hydrogen) atoms. The third-order valence-electron chi connectivity index (χ3n) is 4.29. The molecule has 0 aromatic rings. The van der Waals surface area contributed by atoms with Gasteiger partial charge < -0.3 is 10.6 Å². The summed E-state index contributed by atoms with van der Waals surface area (Å²) in [5, 5.41) is 7.37. The summed E-state index contributed by atoms with van der Waals surface area (Å²) >= 11 is 0. The van der Waals surface area contributed by atoms with Gasteiger partial charge in [0.2, 0.25) is 0 Å². The van der Waals surface area contributed by atoms with Crippen LogP contribution in [0.4, 0.5) is 0 Å². The first-order valence-corrected chi connectivity index (χ1v) is 7.29. The Morgan fingerprint density at radius 1 is 1.25 bits per heavy atom. The van der Waals surface area contributed by atoms with Crippen LogP contribution in [0.5, 0.6) is 0 Å². The van der Waals surface area contributed by atoms with Crippen LogP contribution in [0.3, 0.4) is 0 Å². The molecule has 1 atom stereocenters. The van der Waals surface area contributed by atoms with Crippen LogP contribution in [0.2, 0.25) is 0 Å². The maximum atomic E-state index is 3.71. The van der Waals surface area contributed by atoms with E-state index in [4.69, 9.17) is 0 Å². The van der Waals surface area contributed by atoms with Gasteiger partial charge in [-0.25, -0.2) is 0 Å². The molecule has 2 N–H and O–H groups in total. The Bertz CT molecular complexity index is 191. The zero-order chi connectivity index (χ0) is 11.3. The molecule has 0 bridgehead atoms. The van der Waals surface area contributed by atoms with E-state index in [9.17, 15) is 0 Å². The second-order valence-electron chi connectivity index (χ2n) is 5.88. The molecule has 0 amide bonds. The van der Waals surface area contributed by atoms with E-state index in [0.717, 1.165) is 6.04 Å². The van der Waals surface area contributed by atoms with Crippen LogP contribution in [0.25, 0.3) is 0 Å². The van der Waals surface area contributed by atoms with Crippen LogP contribution in [-0.2, 0) is 0 Å². The molecule has 1 unspecified atom stereocenters. The van der Waals surface area contributed by atoms with Crippen LogP contribution in [-0.4, -0.2) is 25.7 Å². The Morgan fingerprint density at radius 2 is 2.12 bits per heavy atom. The van der Waals surface area contributed by atoms with E-state index in [1.807, 2.05) is 0 Å². The zero-order valence-corrected chi connectivity index (χ0v) is 10.9. The largest absolute Gasteiger partial charge is 0.315 e. The van der Waals surface area contributed by atoms with Crippen molar-refractivity contribution in [2.75, 3.05) is 19.6 Å². The topological polar surface area (TPSA) is 24.1 Å². The standard InChI is InChI=1S/C14H28N2/c1-2-7-14(8-9-14)12-15-11-13-6-4-3-5-10-16-13/h13,15-16H,2-12H2,1H3. The van der Waals surface area contributed by atoms with Gasteiger partial charge in [0.15, 0.2) is 0 Å². The highest BCUT2D eigenvalue weighted by Gasteiger charge is 2.40. The Hall–Kier alpha value is -0.0800. The molecule has 2 fully saturated rings. The van der Waals surface area contributed by atoms with Crippen molar-refractivity contribution in [3.63, 3.8) is 0 Å². The average Bonchev–Trinajstić information content (AvgIpc) is 3.05. The molecular weight excluding hydrogens is 196 g/mol. The fourth-order valence-corrected chi connectivity index (χ4v) is 3.01. The van der Waals surface area contributed by atoms with Crippen LogP contribution in [0.15, 0.2) is 0 Å². The minimum Gasteiger partial charge on any atom is -0.315 e. The summed E-state index contributed by atoms with van der Waals surface area (Å²) < 4.78 is 0. The molecule has 94 valence electrons. The average molecular weight is 224 g/mol. The highest BCUT2D eigenvalue weighted by molar-refractivity contribution is 4.94. The fourth-order valence-electron chi connectivity index (χ4n) is 3.01. The Balaban J connectivity index is 1.60. The maximum absolute atomic E-state index is 3.71. The third kappa shape index (κ3) is 3.74. The third-order valence-corrected chi connectivity index (χ3v) is 4.29. The molecule has 2 nitrogen and oxygen atoms in total. The van der Waals surface area contributed by atoms with E-state index in [1.54, 1.807) is 0 Å². The lowest BCUT2D eigenvalue weighted by Crippen LogP contribution is -2.39. The molecule has 1 heterocycles. The van der Waals surface area contributed by atoms with Crippen molar-refractivity contribution in [1.29, 1.82) is 0 Å². The molecule has 0 radical (unpaired) electrons. The summed E-state index contributed by atoms with van der Waals surface area (Å²) in [6, 6.07) is 0.736. The zero-order valence-electron chi connectivity index (χ0n) is 10.9. The smallest absolute Gasteiger partial charge is 0.0192 e. The first-order chi connectivity index (χ1) is 7.85. The molecule has 0 aromatic carbocycles. The number of hydrogen-bond acceptors (Lipinski definition) is 2. The highest BCUT2D eigenvalue weighted by atomic mass is 15.0. The van der Waals surface area contributed by atoms with Crippen molar-refractivity contribution in [1.82, 2.24) is 10.6 Å². The van der Waals surface area contributed by atoms with Gasteiger partial charge >= 0.3 is 0 Å². The second-order valence-corrected chi connectivity index (χ2v) is 5.88. The number of hydrogen-bond donors (Lipinski definition) is 2. The summed E-state index contributed by atoms with van der Waals surface area (Å²) in [5.74, 6) is 0. The van der Waals surface area contributed by atoms with Crippen molar-refractivity contribution in [3.05, 3.63) is 0 Å². The molecule has 1 saturated heterocycles. The van der Waals surface area contributed by atoms with Gasteiger partial charge in [-0.3, -0.25) is 0 Å². The SMILES string of the molecule is CCCC1(CNCC2CCCCCN2)CC1. The highest BCUT2D eigenvalue weighted by Crippen LogP contribution is 2.48. The van der Waals surface area contributed by atoms with Gasteiger partial charge in [-0.15, -0.1) is 0 Å². The van der Waals surface area contributed by atoms with Crippen molar-refractivity contribution >= 4 is 0 Å². The van der Waals surface area contributed by atoms with Crippen molar-refractivity contribution in [2.24, 2.45) is 5.41 Å². The summed E-state index contributed by atoms with van der Waals surface area (Å²) in [6.07, 6.45) is 11.3. The van der Waals surface area contributed by atoms with E-state index < -0.39 is 0 Å². The first-order valence-electron chi connectivity index (χ1n) is 7.29. The Morgan fingerprint density at radius 3 is 2.88 bits per heavy atom. The summed E-state index contributed by atoms with van der Waals surface area (Å²) in [6.45, 7) is 5.99. The monoisotopic (exact) mass is 224 g/mol. The Labute approximate surface area is 101 Å². The molecular formula is C14H28N2. The molecule has 1 saturated carbocycles. The van der Waals surface area contributed by atoms with Gasteiger partial charge in [0.1, 0.15) is 0 Å². The summed E-state index contributed by atoms with van der Waals surface area (Å²) in [4.78, 5) is 0. The predicted molar refractivity (Wildman–Crippen MR) is 69.7 cm³/mol. The minimum atomic E-state index is 0.708. The van der Waals surface area contributed by atoms with Gasteiger partial charge in [0.25, 0.3) is 0 Å². The van der Waals surface area contributed by atoms with Gasteiger partial charge in [-0.05, 0) is 44.1 Å². The lowest BCUT2D eigenvalue weighted by atomic mass is 10.0. The Kier molecular flexibility index (Phi) is 4.66. The number of rotatable bonds is 6. The van der Waals surface area contributed by atoms with E-state index in [2.05, 4.69) is 17.6 Å². The normalized spacial score (nSPS) is 28.7. The van der Waals surface area contributed by atoms with E-state index in [1.165, 1.54) is 71.0 Å². The summed E-state index contributed by atoms with van der Waals surface area (Å²) in [5.41, 5.74) is 0.708. The van der Waals surface area contributed by atoms with Gasteiger partial charge in [0, 0.05) is 19.1 Å². The molecule has 2 aliphatic rings. The van der Waals surface area contributed by atoms with E-state index in [0.29, 0.717) is 5.41 Å². The minimum absolute atomic E-state index is 0.708. The first kappa shape index (κ1) is 12.4. The van der Waals surface area contributed by atoms with Gasteiger partial charge in [0.05, 0.1) is 0 Å². The van der Waals surface area contributed by atoms with Crippen LogP contribution in [0.1, 0.15) is 58.3 Å². The molecule has 0 aromatic heterocycles. The lowest BCUT2D eigenvalue weighted by Gasteiger charge is -2.20. The van der Waals surface area contributed by atoms with Crippen molar-refractivity contribution in [2.45, 2.75) is 64.3 Å². The predicted octanol–water partition coefficient (Wildman–Crippen LogP) is 2.69. The number of nitrogens with one attached hydrogen (secondary N) is 2. The van der Waals surface area contributed by atoms with Crippen LogP contribution < -0.4 is 10.6 Å². The molecule has 2 heteroatoms. The van der Waals surface area contributed by atoms with Crippen LogP contribution >= 0.6 is 0 Å². The van der Waals surface area contributed by atoms with Crippen LogP contribution in [0, 0.1) is 5.41 Å². The van der Waals surface area contributed by atoms with E-state index >= 15 is 0 Å². The second kappa shape index (κ2) is 6.02. The molecule has 1 aliphatic heterocycles. The fraction of sp³-hybridized carbons (Fsp3) is 1.00. The summed E-state index contributed by atoms with van der Waals surface area (Å²) in [7, 11) is 0. The van der Waals surface area contributed by atoms with Crippen molar-refractivity contribution in [3.8, 4) is 0 Å². The van der Waals surface area contributed by atoms with Crippen molar-refractivity contribution < 1.29 is 0 Å². The quantitative estimate of drug-likeness (QED) is 0.725. The van der Waals surface area contributed by atoms with E-state index in [-0.39, 0.29) is 0 Å².